The molecule has 1 unspecified atom stereocenters. The molecule has 0 aromatic carbocycles. The van der Waals surface area contributed by atoms with Crippen molar-refractivity contribution in [3.8, 4) is 11.4 Å². The maximum Gasteiger partial charge on any atom is 0.228 e. The predicted octanol–water partition coefficient (Wildman–Crippen LogP) is 2.45. The van der Waals surface area contributed by atoms with Gasteiger partial charge in [0.25, 0.3) is 0 Å². The summed E-state index contributed by atoms with van der Waals surface area (Å²) in [7, 11) is 0. The van der Waals surface area contributed by atoms with Crippen molar-refractivity contribution in [1.82, 2.24) is 20.4 Å². The molecule has 0 radical (unpaired) electrons. The van der Waals surface area contributed by atoms with Crippen LogP contribution in [0.3, 0.4) is 0 Å². The highest BCUT2D eigenvalue weighted by Gasteiger charge is 2.13. The number of nitrogens with one attached hydrogen (secondary N) is 1. The van der Waals surface area contributed by atoms with E-state index in [0.717, 1.165) is 31.4 Å². The van der Waals surface area contributed by atoms with E-state index in [9.17, 15) is 0 Å². The fraction of sp³-hybridized carbons (Fsp3) is 0.500. The average molecular weight is 260 g/mol. The molecule has 1 N–H and O–H groups in total. The Hall–Kier alpha value is -1.75. The molecule has 2 heterocycles. The van der Waals surface area contributed by atoms with Crippen molar-refractivity contribution in [1.29, 1.82) is 0 Å². The van der Waals surface area contributed by atoms with Gasteiger partial charge in [-0.3, -0.25) is 4.98 Å². The molecule has 0 aliphatic rings. The molecular formula is C14H20N4O. The minimum atomic E-state index is 0.391. The molecule has 1 atom stereocenters. The summed E-state index contributed by atoms with van der Waals surface area (Å²) in [5.74, 6) is 1.28. The number of hydrogen-bond acceptors (Lipinski definition) is 5. The fourth-order valence-corrected chi connectivity index (χ4v) is 1.87. The van der Waals surface area contributed by atoms with Crippen LogP contribution >= 0.6 is 0 Å². The van der Waals surface area contributed by atoms with E-state index in [1.165, 1.54) is 0 Å². The lowest BCUT2D eigenvalue weighted by Gasteiger charge is -2.13. The van der Waals surface area contributed by atoms with Gasteiger partial charge in [0.1, 0.15) is 0 Å². The van der Waals surface area contributed by atoms with E-state index in [2.05, 4.69) is 34.3 Å². The van der Waals surface area contributed by atoms with E-state index in [1.54, 1.807) is 12.4 Å². The zero-order chi connectivity index (χ0) is 13.5. The molecule has 102 valence electrons. The van der Waals surface area contributed by atoms with Gasteiger partial charge in [0.05, 0.1) is 0 Å². The molecule has 5 nitrogen and oxygen atoms in total. The van der Waals surface area contributed by atoms with Crippen LogP contribution in [-0.2, 0) is 6.42 Å². The molecule has 2 rings (SSSR count). The van der Waals surface area contributed by atoms with Crippen molar-refractivity contribution in [2.45, 2.75) is 39.2 Å². The monoisotopic (exact) mass is 260 g/mol. The Morgan fingerprint density at radius 3 is 2.95 bits per heavy atom. The lowest BCUT2D eigenvalue weighted by molar-refractivity contribution is 0.354. The molecule has 0 fully saturated rings. The molecule has 0 bridgehead atoms. The summed E-state index contributed by atoms with van der Waals surface area (Å²) in [6.45, 7) is 5.33. The van der Waals surface area contributed by atoms with Crippen molar-refractivity contribution in [2.75, 3.05) is 6.54 Å². The number of nitrogens with zero attached hydrogens (tertiary/aromatic N) is 3. The molecule has 0 amide bonds. The number of pyridine rings is 1. The molecule has 19 heavy (non-hydrogen) atoms. The van der Waals surface area contributed by atoms with Gasteiger partial charge in [-0.05, 0) is 31.5 Å². The van der Waals surface area contributed by atoms with Gasteiger partial charge < -0.3 is 9.84 Å². The molecule has 2 aromatic rings. The first-order valence-electron chi connectivity index (χ1n) is 6.79. The van der Waals surface area contributed by atoms with E-state index in [4.69, 9.17) is 4.52 Å². The van der Waals surface area contributed by atoms with E-state index in [-0.39, 0.29) is 0 Å². The summed E-state index contributed by atoms with van der Waals surface area (Å²) in [5.41, 5.74) is 0.882. The standard InChI is InChI=1S/C14H20N4O/c1-3-7-16-12(4-2)9-13-17-14(18-19-13)11-6-5-8-15-10-11/h5-6,8,10,12,16H,3-4,7,9H2,1-2H3. The van der Waals surface area contributed by atoms with Crippen LogP contribution in [0.15, 0.2) is 29.0 Å². The molecule has 0 spiro atoms. The third-order valence-corrected chi connectivity index (χ3v) is 2.98. The van der Waals surface area contributed by atoms with E-state index in [1.807, 2.05) is 12.1 Å². The largest absolute Gasteiger partial charge is 0.339 e. The minimum absolute atomic E-state index is 0.391. The van der Waals surface area contributed by atoms with E-state index < -0.39 is 0 Å². The lowest BCUT2D eigenvalue weighted by atomic mass is 10.1. The molecule has 0 saturated heterocycles. The molecule has 0 aliphatic carbocycles. The van der Waals surface area contributed by atoms with Crippen LogP contribution in [-0.4, -0.2) is 27.7 Å². The summed E-state index contributed by atoms with van der Waals surface area (Å²) in [6, 6.07) is 4.18. The topological polar surface area (TPSA) is 63.8 Å². The Morgan fingerprint density at radius 2 is 2.26 bits per heavy atom. The van der Waals surface area contributed by atoms with Crippen LogP contribution in [0.25, 0.3) is 11.4 Å². The number of rotatable bonds is 7. The zero-order valence-electron chi connectivity index (χ0n) is 11.5. The van der Waals surface area contributed by atoms with E-state index in [0.29, 0.717) is 17.8 Å². The average Bonchev–Trinajstić information content (AvgIpc) is 2.93. The van der Waals surface area contributed by atoms with Crippen LogP contribution in [0, 0.1) is 0 Å². The van der Waals surface area contributed by atoms with Crippen LogP contribution in [0.2, 0.25) is 0 Å². The quantitative estimate of drug-likeness (QED) is 0.828. The Bertz CT molecular complexity index is 483. The molecule has 0 aliphatic heterocycles. The summed E-state index contributed by atoms with van der Waals surface area (Å²) in [5, 5.41) is 7.48. The maximum atomic E-state index is 5.30. The zero-order valence-corrected chi connectivity index (χ0v) is 11.5. The van der Waals surface area contributed by atoms with Gasteiger partial charge in [0.2, 0.25) is 11.7 Å². The first-order chi connectivity index (χ1) is 9.33. The first kappa shape index (κ1) is 13.7. The van der Waals surface area contributed by atoms with Crippen molar-refractivity contribution in [2.24, 2.45) is 0 Å². The second-order valence-electron chi connectivity index (χ2n) is 4.52. The normalized spacial score (nSPS) is 12.5. The highest BCUT2D eigenvalue weighted by molar-refractivity contribution is 5.51. The second kappa shape index (κ2) is 6.99. The molecule has 0 saturated carbocycles. The van der Waals surface area contributed by atoms with Crippen molar-refractivity contribution in [3.63, 3.8) is 0 Å². The predicted molar refractivity (Wildman–Crippen MR) is 73.6 cm³/mol. The van der Waals surface area contributed by atoms with Crippen LogP contribution in [0.1, 0.15) is 32.6 Å². The summed E-state index contributed by atoms with van der Waals surface area (Å²) < 4.78 is 5.30. The molecule has 5 heteroatoms. The van der Waals surface area contributed by atoms with Gasteiger partial charge in [-0.15, -0.1) is 0 Å². The highest BCUT2D eigenvalue weighted by atomic mass is 16.5. The number of hydrogen-bond donors (Lipinski definition) is 1. The molecular weight excluding hydrogens is 240 g/mol. The first-order valence-corrected chi connectivity index (χ1v) is 6.79. The van der Waals surface area contributed by atoms with Gasteiger partial charge in [0, 0.05) is 30.4 Å². The van der Waals surface area contributed by atoms with Gasteiger partial charge in [-0.25, -0.2) is 0 Å². The minimum Gasteiger partial charge on any atom is -0.339 e. The van der Waals surface area contributed by atoms with Crippen LogP contribution in [0.5, 0.6) is 0 Å². The third-order valence-electron chi connectivity index (χ3n) is 2.98. The smallest absolute Gasteiger partial charge is 0.228 e. The summed E-state index contributed by atoms with van der Waals surface area (Å²) in [6.07, 6.45) is 6.41. The van der Waals surface area contributed by atoms with Gasteiger partial charge in [0.15, 0.2) is 0 Å². The van der Waals surface area contributed by atoms with Gasteiger partial charge >= 0.3 is 0 Å². The molecule has 2 aromatic heterocycles. The van der Waals surface area contributed by atoms with Crippen molar-refractivity contribution >= 4 is 0 Å². The van der Waals surface area contributed by atoms with Crippen LogP contribution in [0.4, 0.5) is 0 Å². The SMILES string of the molecule is CCCNC(CC)Cc1nc(-c2cccnc2)no1. The second-order valence-corrected chi connectivity index (χ2v) is 4.52. The maximum absolute atomic E-state index is 5.30. The van der Waals surface area contributed by atoms with Crippen LogP contribution < -0.4 is 5.32 Å². The third kappa shape index (κ3) is 3.86. The Labute approximate surface area is 113 Å². The van der Waals surface area contributed by atoms with Crippen molar-refractivity contribution in [3.05, 3.63) is 30.4 Å². The summed E-state index contributed by atoms with van der Waals surface area (Å²) in [4.78, 5) is 8.47. The highest BCUT2D eigenvalue weighted by Crippen LogP contribution is 2.14. The number of aromatic nitrogens is 3. The Balaban J connectivity index is 2.01. The Kier molecular flexibility index (Phi) is 5.03. The Morgan fingerprint density at radius 1 is 1.37 bits per heavy atom. The van der Waals surface area contributed by atoms with Gasteiger partial charge in [-0.2, -0.15) is 4.98 Å². The fourth-order valence-electron chi connectivity index (χ4n) is 1.87. The van der Waals surface area contributed by atoms with Gasteiger partial charge in [-0.1, -0.05) is 19.0 Å². The lowest BCUT2D eigenvalue weighted by Crippen LogP contribution is -2.31. The summed E-state index contributed by atoms with van der Waals surface area (Å²) >= 11 is 0. The van der Waals surface area contributed by atoms with E-state index >= 15 is 0 Å². The van der Waals surface area contributed by atoms with Crippen molar-refractivity contribution < 1.29 is 4.52 Å².